The van der Waals surface area contributed by atoms with Crippen LogP contribution in [0.3, 0.4) is 0 Å². The highest BCUT2D eigenvalue weighted by Gasteiger charge is 2.29. The molecule has 1 aliphatic heterocycles. The average Bonchev–Trinajstić information content (AvgIpc) is 2.76. The molecule has 0 bridgehead atoms. The van der Waals surface area contributed by atoms with E-state index in [1.54, 1.807) is 17.5 Å². The molecule has 1 aromatic rings. The number of carbonyl (C=O) groups is 1. The van der Waals surface area contributed by atoms with Gasteiger partial charge in [-0.3, -0.25) is 4.79 Å². The van der Waals surface area contributed by atoms with Gasteiger partial charge in [0.1, 0.15) is 5.01 Å². The van der Waals surface area contributed by atoms with Crippen LogP contribution in [0.1, 0.15) is 31.3 Å². The smallest absolute Gasteiger partial charge is 0.223 e. The molecule has 2 unspecified atom stereocenters. The van der Waals surface area contributed by atoms with Gasteiger partial charge in [0.25, 0.3) is 0 Å². The number of nitrogens with zero attached hydrogens (tertiary/aromatic N) is 1. The number of hydrogen-bond acceptors (Lipinski definition) is 4. The van der Waals surface area contributed by atoms with Gasteiger partial charge in [-0.05, 0) is 25.4 Å². The molecule has 2 atom stereocenters. The predicted molar refractivity (Wildman–Crippen MR) is 83.3 cm³/mol. The summed E-state index contributed by atoms with van der Waals surface area (Å²) in [6.45, 7) is 6.00. The molecule has 1 aliphatic rings. The van der Waals surface area contributed by atoms with Crippen LogP contribution in [0.2, 0.25) is 0 Å². The molecular weight excluding hydrogens is 305 g/mol. The fourth-order valence-electron chi connectivity index (χ4n) is 1.93. The first kappa shape index (κ1) is 18.6. The minimum absolute atomic E-state index is 0. The van der Waals surface area contributed by atoms with Gasteiger partial charge in [-0.1, -0.05) is 13.8 Å². The maximum absolute atomic E-state index is 12.1. The second kappa shape index (κ2) is 8.74. The quantitative estimate of drug-likeness (QED) is 0.874. The maximum atomic E-state index is 12.1. The van der Waals surface area contributed by atoms with Crippen LogP contribution < -0.4 is 10.6 Å². The first-order valence-electron chi connectivity index (χ1n) is 6.12. The highest BCUT2D eigenvalue weighted by molar-refractivity contribution is 7.09. The summed E-state index contributed by atoms with van der Waals surface area (Å²) >= 11 is 1.60. The number of halogens is 2. The molecule has 19 heavy (non-hydrogen) atoms. The largest absolute Gasteiger partial charge is 0.347 e. The third-order valence-electron chi connectivity index (χ3n) is 3.41. The van der Waals surface area contributed by atoms with E-state index >= 15 is 0 Å². The Morgan fingerprint density at radius 2 is 2.26 bits per heavy atom. The molecule has 2 heterocycles. The molecule has 1 saturated heterocycles. The van der Waals surface area contributed by atoms with Crippen LogP contribution in [-0.2, 0) is 4.79 Å². The van der Waals surface area contributed by atoms with Crippen LogP contribution in [0.25, 0.3) is 0 Å². The average molecular weight is 326 g/mol. The molecule has 1 amide bonds. The number of amides is 1. The fraction of sp³-hybridized carbons (Fsp3) is 0.667. The van der Waals surface area contributed by atoms with Gasteiger partial charge < -0.3 is 10.6 Å². The van der Waals surface area contributed by atoms with E-state index in [0.717, 1.165) is 24.5 Å². The Balaban J connectivity index is 0.00000162. The Kier molecular flexibility index (Phi) is 8.57. The summed E-state index contributed by atoms with van der Waals surface area (Å²) in [5, 5.41) is 9.25. The van der Waals surface area contributed by atoms with Crippen LogP contribution in [0.5, 0.6) is 0 Å². The lowest BCUT2D eigenvalue weighted by molar-refractivity contribution is -0.127. The standard InChI is InChI=1S/C12H19N3OS.2ClH/c1-3-10(12-14-4-5-17-12)15-11(16)8(2)9-6-13-7-9;;/h4-5,8-10,13H,3,6-7H2,1-2H3,(H,15,16);2*1H. The highest BCUT2D eigenvalue weighted by Crippen LogP contribution is 2.21. The van der Waals surface area contributed by atoms with E-state index in [2.05, 4.69) is 22.5 Å². The third kappa shape index (κ3) is 4.60. The lowest BCUT2D eigenvalue weighted by Crippen LogP contribution is -2.50. The zero-order chi connectivity index (χ0) is 12.3. The zero-order valence-electron chi connectivity index (χ0n) is 11.1. The minimum atomic E-state index is 0. The summed E-state index contributed by atoms with van der Waals surface area (Å²) in [5.41, 5.74) is 0. The lowest BCUT2D eigenvalue weighted by atomic mass is 9.88. The number of carbonyl (C=O) groups excluding carboxylic acids is 1. The van der Waals surface area contributed by atoms with Gasteiger partial charge in [-0.15, -0.1) is 36.2 Å². The van der Waals surface area contributed by atoms with Crippen LogP contribution in [0.15, 0.2) is 11.6 Å². The van der Waals surface area contributed by atoms with Crippen LogP contribution >= 0.6 is 36.2 Å². The van der Waals surface area contributed by atoms with E-state index in [9.17, 15) is 4.79 Å². The van der Waals surface area contributed by atoms with Gasteiger partial charge in [-0.2, -0.15) is 0 Å². The van der Waals surface area contributed by atoms with Crippen molar-refractivity contribution >= 4 is 42.1 Å². The van der Waals surface area contributed by atoms with E-state index in [1.807, 2.05) is 12.3 Å². The Morgan fingerprint density at radius 3 is 2.68 bits per heavy atom. The molecule has 0 aliphatic carbocycles. The lowest BCUT2D eigenvalue weighted by Gasteiger charge is -2.32. The van der Waals surface area contributed by atoms with Crippen molar-refractivity contribution in [2.45, 2.75) is 26.3 Å². The summed E-state index contributed by atoms with van der Waals surface area (Å²) < 4.78 is 0. The molecule has 0 spiro atoms. The van der Waals surface area contributed by atoms with E-state index in [1.165, 1.54) is 0 Å². The van der Waals surface area contributed by atoms with Crippen molar-refractivity contribution in [3.8, 4) is 0 Å². The van der Waals surface area contributed by atoms with Crippen LogP contribution in [0.4, 0.5) is 0 Å². The summed E-state index contributed by atoms with van der Waals surface area (Å²) in [6, 6.07) is 0.0676. The summed E-state index contributed by atoms with van der Waals surface area (Å²) in [6.07, 6.45) is 2.67. The molecule has 0 radical (unpaired) electrons. The number of nitrogens with one attached hydrogen (secondary N) is 2. The van der Waals surface area contributed by atoms with Gasteiger partial charge >= 0.3 is 0 Å². The van der Waals surface area contributed by atoms with Crippen LogP contribution in [-0.4, -0.2) is 24.0 Å². The monoisotopic (exact) mass is 325 g/mol. The number of aromatic nitrogens is 1. The van der Waals surface area contributed by atoms with E-state index < -0.39 is 0 Å². The van der Waals surface area contributed by atoms with Gasteiger partial charge in [0.05, 0.1) is 6.04 Å². The number of hydrogen-bond donors (Lipinski definition) is 2. The SMILES string of the molecule is CCC(NC(=O)C(C)C1CNC1)c1nccs1.Cl.Cl. The first-order valence-corrected chi connectivity index (χ1v) is 7.00. The Labute approximate surface area is 130 Å². The summed E-state index contributed by atoms with van der Waals surface area (Å²) in [5.74, 6) is 0.729. The highest BCUT2D eigenvalue weighted by atomic mass is 35.5. The fourth-order valence-corrected chi connectivity index (χ4v) is 2.70. The molecule has 0 aromatic carbocycles. The predicted octanol–water partition coefficient (Wildman–Crippen LogP) is 2.41. The summed E-state index contributed by atoms with van der Waals surface area (Å²) in [4.78, 5) is 16.3. The number of rotatable bonds is 5. The molecule has 4 nitrogen and oxygen atoms in total. The van der Waals surface area contributed by atoms with Crippen molar-refractivity contribution in [3.63, 3.8) is 0 Å². The molecule has 2 rings (SSSR count). The second-order valence-electron chi connectivity index (χ2n) is 4.55. The third-order valence-corrected chi connectivity index (χ3v) is 4.30. The van der Waals surface area contributed by atoms with E-state index in [0.29, 0.717) is 5.92 Å². The minimum Gasteiger partial charge on any atom is -0.347 e. The molecular formula is C12H21Cl2N3OS. The van der Waals surface area contributed by atoms with E-state index in [4.69, 9.17) is 0 Å². The Bertz CT molecular complexity index is 371. The molecule has 1 aromatic heterocycles. The maximum Gasteiger partial charge on any atom is 0.223 e. The first-order chi connectivity index (χ1) is 8.22. The molecule has 7 heteroatoms. The van der Waals surface area contributed by atoms with Crippen molar-refractivity contribution in [2.75, 3.05) is 13.1 Å². The molecule has 1 fully saturated rings. The zero-order valence-corrected chi connectivity index (χ0v) is 13.5. The van der Waals surface area contributed by atoms with Gasteiger partial charge in [0.2, 0.25) is 5.91 Å². The Morgan fingerprint density at radius 1 is 1.58 bits per heavy atom. The normalized spacial score (nSPS) is 17.4. The number of thiazole rings is 1. The van der Waals surface area contributed by atoms with Crippen molar-refractivity contribution in [3.05, 3.63) is 16.6 Å². The van der Waals surface area contributed by atoms with Crippen molar-refractivity contribution in [1.29, 1.82) is 0 Å². The van der Waals surface area contributed by atoms with Crippen LogP contribution in [0, 0.1) is 11.8 Å². The Hall–Kier alpha value is -0.360. The molecule has 110 valence electrons. The second-order valence-corrected chi connectivity index (χ2v) is 5.47. The summed E-state index contributed by atoms with van der Waals surface area (Å²) in [7, 11) is 0. The molecule has 0 saturated carbocycles. The van der Waals surface area contributed by atoms with Crippen molar-refractivity contribution < 1.29 is 4.79 Å². The topological polar surface area (TPSA) is 54.0 Å². The van der Waals surface area contributed by atoms with Gasteiger partial charge in [-0.25, -0.2) is 4.98 Å². The van der Waals surface area contributed by atoms with Crippen molar-refractivity contribution in [2.24, 2.45) is 11.8 Å². The van der Waals surface area contributed by atoms with Crippen molar-refractivity contribution in [1.82, 2.24) is 15.6 Å². The molecule has 2 N–H and O–H groups in total. The van der Waals surface area contributed by atoms with Gasteiger partial charge in [0.15, 0.2) is 0 Å². The van der Waals surface area contributed by atoms with Gasteiger partial charge in [0, 0.05) is 17.5 Å². The van der Waals surface area contributed by atoms with E-state index in [-0.39, 0.29) is 42.7 Å².